The molecule has 9 nitrogen and oxygen atoms in total. The van der Waals surface area contributed by atoms with E-state index in [9.17, 15) is 10.1 Å². The zero-order valence-electron chi connectivity index (χ0n) is 15.1. The van der Waals surface area contributed by atoms with Gasteiger partial charge in [0.1, 0.15) is 17.7 Å². The second-order valence-electron chi connectivity index (χ2n) is 7.10. The minimum absolute atomic E-state index is 0.0996. The van der Waals surface area contributed by atoms with E-state index in [0.29, 0.717) is 18.2 Å². The molecule has 1 aromatic carbocycles. The molecular formula is C19H17N5O4. The lowest BCUT2D eigenvalue weighted by Gasteiger charge is -2.12. The van der Waals surface area contributed by atoms with E-state index in [1.54, 1.807) is 25.4 Å². The van der Waals surface area contributed by atoms with Gasteiger partial charge in [0.25, 0.3) is 0 Å². The van der Waals surface area contributed by atoms with Crippen molar-refractivity contribution in [1.82, 2.24) is 14.8 Å². The van der Waals surface area contributed by atoms with E-state index >= 15 is 0 Å². The molecule has 1 fully saturated rings. The number of ether oxygens (including phenoxy) is 2. The van der Waals surface area contributed by atoms with E-state index in [2.05, 4.69) is 15.4 Å². The van der Waals surface area contributed by atoms with Gasteiger partial charge in [-0.2, -0.15) is 0 Å². The second-order valence-corrected chi connectivity index (χ2v) is 7.10. The predicted molar refractivity (Wildman–Crippen MR) is 100 cm³/mol. The summed E-state index contributed by atoms with van der Waals surface area (Å²) in [6, 6.07) is 9.26. The lowest BCUT2D eigenvalue weighted by Crippen LogP contribution is -2.08. The molecule has 1 aliphatic heterocycles. The van der Waals surface area contributed by atoms with Crippen molar-refractivity contribution in [2.24, 2.45) is 7.05 Å². The van der Waals surface area contributed by atoms with E-state index in [0.717, 1.165) is 29.9 Å². The molecule has 0 bridgehead atoms. The third-order valence-corrected chi connectivity index (χ3v) is 5.10. The number of rotatable bonds is 5. The van der Waals surface area contributed by atoms with Gasteiger partial charge >= 0.3 is 5.69 Å². The molecule has 3 aromatic rings. The summed E-state index contributed by atoms with van der Waals surface area (Å²) in [5.74, 6) is 2.26. The van der Waals surface area contributed by atoms with E-state index < -0.39 is 4.92 Å². The topological polar surface area (TPSA) is 104 Å². The zero-order chi connectivity index (χ0) is 19.3. The molecule has 5 rings (SSSR count). The van der Waals surface area contributed by atoms with Gasteiger partial charge in [0, 0.05) is 24.1 Å². The Morgan fingerprint density at radius 1 is 1.32 bits per heavy atom. The standard InChI is InChI=1S/C19H17N5O4/c1-23-10-13(24(25)26)18(22-23)21-12-5-6-16(20-9-12)28-15-4-2-3-14-17(15)19(7-8-19)11-27-14/h2-6,9-10H,7-8,11H2,1H3,(H,21,22). The predicted octanol–water partition coefficient (Wildman–Crippen LogP) is 3.68. The molecule has 2 aliphatic rings. The summed E-state index contributed by atoms with van der Waals surface area (Å²) in [5, 5.41) is 18.1. The van der Waals surface area contributed by atoms with Crippen LogP contribution in [0.25, 0.3) is 0 Å². The molecule has 142 valence electrons. The summed E-state index contributed by atoms with van der Waals surface area (Å²) >= 11 is 0. The van der Waals surface area contributed by atoms with Gasteiger partial charge in [0.2, 0.25) is 11.7 Å². The molecule has 1 spiro atoms. The van der Waals surface area contributed by atoms with Crippen molar-refractivity contribution in [1.29, 1.82) is 0 Å². The Labute approximate surface area is 160 Å². The summed E-state index contributed by atoms with van der Waals surface area (Å²) in [7, 11) is 1.63. The Bertz CT molecular complexity index is 1070. The van der Waals surface area contributed by atoms with Crippen LogP contribution >= 0.6 is 0 Å². The third-order valence-electron chi connectivity index (χ3n) is 5.10. The van der Waals surface area contributed by atoms with E-state index in [1.165, 1.54) is 10.9 Å². The number of pyridine rings is 1. The Balaban J connectivity index is 1.36. The van der Waals surface area contributed by atoms with Crippen molar-refractivity contribution in [3.05, 3.63) is 58.4 Å². The molecule has 0 saturated heterocycles. The van der Waals surface area contributed by atoms with Crippen LogP contribution in [0.4, 0.5) is 17.2 Å². The van der Waals surface area contributed by atoms with Crippen molar-refractivity contribution >= 4 is 17.2 Å². The Morgan fingerprint density at radius 3 is 2.89 bits per heavy atom. The molecule has 2 aromatic heterocycles. The van der Waals surface area contributed by atoms with Crippen LogP contribution in [-0.2, 0) is 12.5 Å². The highest BCUT2D eigenvalue weighted by molar-refractivity contribution is 5.64. The number of benzene rings is 1. The summed E-state index contributed by atoms with van der Waals surface area (Å²) in [4.78, 5) is 14.9. The number of aromatic nitrogens is 3. The fourth-order valence-electron chi connectivity index (χ4n) is 3.53. The van der Waals surface area contributed by atoms with E-state index in [-0.39, 0.29) is 16.9 Å². The van der Waals surface area contributed by atoms with Crippen LogP contribution in [0, 0.1) is 10.1 Å². The van der Waals surface area contributed by atoms with E-state index in [1.807, 2.05) is 18.2 Å². The maximum absolute atomic E-state index is 11.1. The molecule has 0 radical (unpaired) electrons. The first-order chi connectivity index (χ1) is 13.5. The molecule has 0 atom stereocenters. The number of fused-ring (bicyclic) bond motifs is 2. The summed E-state index contributed by atoms with van der Waals surface area (Å²) < 4.78 is 13.2. The van der Waals surface area contributed by atoms with Gasteiger partial charge in [-0.25, -0.2) is 4.98 Å². The second kappa shape index (κ2) is 5.95. The van der Waals surface area contributed by atoms with Crippen molar-refractivity contribution in [2.45, 2.75) is 18.3 Å². The molecule has 1 aliphatic carbocycles. The van der Waals surface area contributed by atoms with Gasteiger partial charge < -0.3 is 14.8 Å². The fraction of sp³-hybridized carbons (Fsp3) is 0.263. The average Bonchev–Trinajstić information content (AvgIpc) is 3.22. The minimum atomic E-state index is -0.480. The first-order valence-electron chi connectivity index (χ1n) is 8.89. The number of nitro groups is 1. The first kappa shape index (κ1) is 16.5. The van der Waals surface area contributed by atoms with Crippen LogP contribution in [0.5, 0.6) is 17.4 Å². The van der Waals surface area contributed by atoms with Crippen molar-refractivity contribution in [2.75, 3.05) is 11.9 Å². The highest BCUT2D eigenvalue weighted by atomic mass is 16.6. The molecule has 1 saturated carbocycles. The van der Waals surface area contributed by atoms with Gasteiger partial charge in [-0.05, 0) is 31.0 Å². The Morgan fingerprint density at radius 2 is 2.18 bits per heavy atom. The molecule has 3 heterocycles. The van der Waals surface area contributed by atoms with Crippen molar-refractivity contribution in [3.63, 3.8) is 0 Å². The normalized spacial score (nSPS) is 15.8. The van der Waals surface area contributed by atoms with Gasteiger partial charge in [-0.15, -0.1) is 5.10 Å². The van der Waals surface area contributed by atoms with Gasteiger partial charge in [0.15, 0.2) is 0 Å². The Kier molecular flexibility index (Phi) is 3.51. The van der Waals surface area contributed by atoms with Crippen LogP contribution in [0.1, 0.15) is 18.4 Å². The smallest absolute Gasteiger partial charge is 0.331 e. The Hall–Kier alpha value is -3.62. The SMILES string of the molecule is Cn1cc([N+](=O)[O-])c(Nc2ccc(Oc3cccc4c3C3(CC3)CO4)nc2)n1. The van der Waals surface area contributed by atoms with Gasteiger partial charge in [-0.1, -0.05) is 6.07 Å². The molecule has 0 unspecified atom stereocenters. The molecule has 28 heavy (non-hydrogen) atoms. The van der Waals surface area contributed by atoms with Crippen LogP contribution in [0.2, 0.25) is 0 Å². The highest BCUT2D eigenvalue weighted by Crippen LogP contribution is 2.58. The quantitative estimate of drug-likeness (QED) is 0.532. The summed E-state index contributed by atoms with van der Waals surface area (Å²) in [5.41, 5.74) is 1.71. The highest BCUT2D eigenvalue weighted by Gasteiger charge is 2.52. The van der Waals surface area contributed by atoms with Gasteiger partial charge in [-0.3, -0.25) is 14.8 Å². The van der Waals surface area contributed by atoms with Crippen LogP contribution in [-0.4, -0.2) is 26.3 Å². The van der Waals surface area contributed by atoms with Gasteiger partial charge in [0.05, 0.1) is 23.4 Å². The van der Waals surface area contributed by atoms with Crippen LogP contribution in [0.3, 0.4) is 0 Å². The van der Waals surface area contributed by atoms with E-state index in [4.69, 9.17) is 9.47 Å². The van der Waals surface area contributed by atoms with Crippen LogP contribution in [0.15, 0.2) is 42.7 Å². The number of nitrogens with one attached hydrogen (secondary N) is 1. The summed E-state index contributed by atoms with van der Waals surface area (Å²) in [6.07, 6.45) is 5.12. The summed E-state index contributed by atoms with van der Waals surface area (Å²) in [6.45, 7) is 0.710. The van der Waals surface area contributed by atoms with Crippen LogP contribution < -0.4 is 14.8 Å². The first-order valence-corrected chi connectivity index (χ1v) is 8.89. The third kappa shape index (κ3) is 2.72. The number of aryl methyl sites for hydroxylation is 1. The van der Waals surface area contributed by atoms with Crippen molar-refractivity contribution in [3.8, 4) is 17.4 Å². The lowest BCUT2D eigenvalue weighted by atomic mass is 9.97. The molecule has 9 heteroatoms. The average molecular weight is 379 g/mol. The number of hydrogen-bond acceptors (Lipinski definition) is 7. The lowest BCUT2D eigenvalue weighted by molar-refractivity contribution is -0.384. The number of anilines is 2. The zero-order valence-corrected chi connectivity index (χ0v) is 15.1. The molecule has 1 N–H and O–H groups in total. The molecule has 0 amide bonds. The monoisotopic (exact) mass is 379 g/mol. The number of hydrogen-bond donors (Lipinski definition) is 1. The number of nitrogens with zero attached hydrogens (tertiary/aromatic N) is 4. The maximum Gasteiger partial charge on any atom is 0.331 e. The minimum Gasteiger partial charge on any atom is -0.492 e. The fourth-order valence-corrected chi connectivity index (χ4v) is 3.53. The molecular weight excluding hydrogens is 362 g/mol. The van der Waals surface area contributed by atoms with Crippen molar-refractivity contribution < 1.29 is 14.4 Å². The maximum atomic E-state index is 11.1. The largest absolute Gasteiger partial charge is 0.492 e.